The van der Waals surface area contributed by atoms with Crippen molar-refractivity contribution >= 4 is 11.6 Å². The first kappa shape index (κ1) is 13.8. The summed E-state index contributed by atoms with van der Waals surface area (Å²) in [6.07, 6.45) is 1.12. The normalized spacial score (nSPS) is 12.6. The summed E-state index contributed by atoms with van der Waals surface area (Å²) in [5.41, 5.74) is 1.24. The molecule has 2 heterocycles. The van der Waals surface area contributed by atoms with Crippen LogP contribution < -0.4 is 0 Å². The van der Waals surface area contributed by atoms with Crippen molar-refractivity contribution in [1.82, 2.24) is 25.0 Å². The molecule has 2 aromatic heterocycles. The number of aromatic nitrogens is 5. The highest BCUT2D eigenvalue weighted by molar-refractivity contribution is 6.30. The first-order valence-electron chi connectivity index (χ1n) is 6.44. The molecule has 0 aliphatic rings. The molecule has 1 aromatic carbocycles. The third-order valence-electron chi connectivity index (χ3n) is 3.27. The van der Waals surface area contributed by atoms with Crippen LogP contribution in [0, 0.1) is 12.7 Å². The summed E-state index contributed by atoms with van der Waals surface area (Å²) < 4.78 is 15.4. The van der Waals surface area contributed by atoms with Gasteiger partial charge >= 0.3 is 0 Å². The van der Waals surface area contributed by atoms with Crippen molar-refractivity contribution in [3.05, 3.63) is 52.7 Å². The molecule has 0 amide bonds. The van der Waals surface area contributed by atoms with Gasteiger partial charge in [-0.05, 0) is 31.5 Å². The average Bonchev–Trinajstić information content (AvgIpc) is 3.04. The van der Waals surface area contributed by atoms with E-state index in [0.717, 1.165) is 11.8 Å². The van der Waals surface area contributed by atoms with E-state index in [1.807, 2.05) is 31.2 Å². The van der Waals surface area contributed by atoms with Crippen LogP contribution in [0.2, 0.25) is 5.02 Å². The van der Waals surface area contributed by atoms with Crippen LogP contribution in [-0.2, 0) is 0 Å². The molecule has 0 radical (unpaired) electrons. The fourth-order valence-electron chi connectivity index (χ4n) is 2.18. The molecule has 108 valence electrons. The van der Waals surface area contributed by atoms with Crippen molar-refractivity contribution in [2.75, 3.05) is 0 Å². The Kier molecular flexibility index (Phi) is 3.47. The van der Waals surface area contributed by atoms with E-state index in [4.69, 9.17) is 11.6 Å². The minimum absolute atomic E-state index is 0.110. The summed E-state index contributed by atoms with van der Waals surface area (Å²) in [5.74, 6) is 0.539. The molecule has 0 saturated carbocycles. The molecule has 3 aromatic rings. The lowest BCUT2D eigenvalue weighted by atomic mass is 10.1. The Balaban J connectivity index is 2.06. The summed E-state index contributed by atoms with van der Waals surface area (Å²) in [5, 5.41) is 11.3. The number of nitrogens with zero attached hydrogens (tertiary/aromatic N) is 4. The van der Waals surface area contributed by atoms with Crippen LogP contribution in [-0.4, -0.2) is 25.0 Å². The van der Waals surface area contributed by atoms with Crippen molar-refractivity contribution in [1.29, 1.82) is 0 Å². The summed E-state index contributed by atoms with van der Waals surface area (Å²) in [6.45, 7) is 3.73. The third kappa shape index (κ3) is 2.54. The first-order chi connectivity index (χ1) is 10.1. The van der Waals surface area contributed by atoms with Gasteiger partial charge in [0.1, 0.15) is 11.5 Å². The highest BCUT2D eigenvalue weighted by atomic mass is 35.5. The molecule has 0 spiro atoms. The van der Waals surface area contributed by atoms with Crippen LogP contribution in [0.3, 0.4) is 0 Å². The number of benzene rings is 1. The first-order valence-corrected chi connectivity index (χ1v) is 6.82. The second-order valence-electron chi connectivity index (χ2n) is 4.75. The lowest BCUT2D eigenvalue weighted by Gasteiger charge is -2.14. The highest BCUT2D eigenvalue weighted by Gasteiger charge is 2.20. The fraction of sp³-hybridized carbons (Fsp3) is 0.214. The van der Waals surface area contributed by atoms with Gasteiger partial charge in [-0.3, -0.25) is 5.10 Å². The predicted octanol–water partition coefficient (Wildman–Crippen LogP) is 3.38. The smallest absolute Gasteiger partial charge is 0.180 e. The van der Waals surface area contributed by atoms with Gasteiger partial charge < -0.3 is 0 Å². The molecule has 0 aliphatic heterocycles. The monoisotopic (exact) mass is 305 g/mol. The summed E-state index contributed by atoms with van der Waals surface area (Å²) in [6, 6.07) is 7.34. The number of aromatic amines is 1. The van der Waals surface area contributed by atoms with Gasteiger partial charge in [0, 0.05) is 5.02 Å². The third-order valence-corrected chi connectivity index (χ3v) is 3.53. The second kappa shape index (κ2) is 5.29. The molecule has 3 rings (SSSR count). The van der Waals surface area contributed by atoms with Gasteiger partial charge in [-0.25, -0.2) is 14.1 Å². The molecule has 1 unspecified atom stereocenters. The number of hydrogen-bond donors (Lipinski definition) is 1. The van der Waals surface area contributed by atoms with Gasteiger partial charge in [0.15, 0.2) is 11.6 Å². The molecule has 5 nitrogen and oxygen atoms in total. The van der Waals surface area contributed by atoms with Gasteiger partial charge in [0.25, 0.3) is 0 Å². The molecule has 0 saturated heterocycles. The number of nitrogens with one attached hydrogen (secondary N) is 1. The summed E-state index contributed by atoms with van der Waals surface area (Å²) in [4.78, 5) is 4.29. The Morgan fingerprint density at radius 3 is 2.62 bits per heavy atom. The number of hydrogen-bond acceptors (Lipinski definition) is 3. The van der Waals surface area contributed by atoms with Crippen LogP contribution >= 0.6 is 11.6 Å². The summed E-state index contributed by atoms with van der Waals surface area (Å²) >= 11 is 5.90. The number of H-pyrrole nitrogens is 1. The fourth-order valence-corrected chi connectivity index (χ4v) is 2.31. The number of halogens is 2. The SMILES string of the molecule is Cc1nc(-c2[nH]ncc2F)n(C(C)c2ccc(Cl)cc2)n1. The predicted molar refractivity (Wildman–Crippen MR) is 77.6 cm³/mol. The van der Waals surface area contributed by atoms with Crippen molar-refractivity contribution in [3.8, 4) is 11.5 Å². The molecule has 21 heavy (non-hydrogen) atoms. The van der Waals surface area contributed by atoms with Crippen molar-refractivity contribution in [2.45, 2.75) is 19.9 Å². The van der Waals surface area contributed by atoms with E-state index in [2.05, 4.69) is 20.3 Å². The van der Waals surface area contributed by atoms with Crippen LogP contribution in [0.1, 0.15) is 24.4 Å². The van der Waals surface area contributed by atoms with E-state index in [1.165, 1.54) is 0 Å². The Hall–Kier alpha value is -2.21. The largest absolute Gasteiger partial charge is 0.272 e. The number of rotatable bonds is 3. The molecule has 1 atom stereocenters. The van der Waals surface area contributed by atoms with E-state index in [0.29, 0.717) is 16.7 Å². The minimum Gasteiger partial charge on any atom is -0.272 e. The maximum absolute atomic E-state index is 13.8. The zero-order chi connectivity index (χ0) is 15.0. The lowest BCUT2D eigenvalue weighted by Crippen LogP contribution is -2.11. The van der Waals surface area contributed by atoms with Crippen molar-refractivity contribution in [3.63, 3.8) is 0 Å². The Bertz CT molecular complexity index is 762. The van der Waals surface area contributed by atoms with E-state index in [-0.39, 0.29) is 11.7 Å². The van der Waals surface area contributed by atoms with E-state index < -0.39 is 5.82 Å². The topological polar surface area (TPSA) is 59.4 Å². The van der Waals surface area contributed by atoms with Gasteiger partial charge in [-0.1, -0.05) is 23.7 Å². The van der Waals surface area contributed by atoms with Crippen molar-refractivity contribution < 1.29 is 4.39 Å². The highest BCUT2D eigenvalue weighted by Crippen LogP contribution is 2.26. The molecular formula is C14H13ClFN5. The number of aryl methyl sites for hydroxylation is 1. The quantitative estimate of drug-likeness (QED) is 0.807. The lowest BCUT2D eigenvalue weighted by molar-refractivity contribution is 0.560. The van der Waals surface area contributed by atoms with E-state index in [9.17, 15) is 4.39 Å². The van der Waals surface area contributed by atoms with Crippen LogP contribution in [0.25, 0.3) is 11.5 Å². The van der Waals surface area contributed by atoms with E-state index >= 15 is 0 Å². The average molecular weight is 306 g/mol. The molecule has 0 fully saturated rings. The molecule has 1 N–H and O–H groups in total. The van der Waals surface area contributed by atoms with E-state index in [1.54, 1.807) is 11.6 Å². The Morgan fingerprint density at radius 1 is 1.29 bits per heavy atom. The van der Waals surface area contributed by atoms with Gasteiger partial charge in [0.05, 0.1) is 12.2 Å². The summed E-state index contributed by atoms with van der Waals surface area (Å²) in [7, 11) is 0. The minimum atomic E-state index is -0.452. The molecular weight excluding hydrogens is 293 g/mol. The maximum Gasteiger partial charge on any atom is 0.180 e. The van der Waals surface area contributed by atoms with Gasteiger partial charge in [-0.2, -0.15) is 10.2 Å². The Morgan fingerprint density at radius 2 is 2.00 bits per heavy atom. The molecule has 7 heteroatoms. The van der Waals surface area contributed by atoms with Crippen LogP contribution in [0.5, 0.6) is 0 Å². The maximum atomic E-state index is 13.8. The Labute approximate surface area is 125 Å². The molecule has 0 bridgehead atoms. The van der Waals surface area contributed by atoms with Crippen LogP contribution in [0.15, 0.2) is 30.5 Å². The van der Waals surface area contributed by atoms with Crippen LogP contribution in [0.4, 0.5) is 4.39 Å². The van der Waals surface area contributed by atoms with Gasteiger partial charge in [-0.15, -0.1) is 0 Å². The molecule has 0 aliphatic carbocycles. The van der Waals surface area contributed by atoms with Crippen molar-refractivity contribution in [2.24, 2.45) is 0 Å². The zero-order valence-corrected chi connectivity index (χ0v) is 12.3. The second-order valence-corrected chi connectivity index (χ2v) is 5.18. The zero-order valence-electron chi connectivity index (χ0n) is 11.5. The van der Waals surface area contributed by atoms with Gasteiger partial charge in [0.2, 0.25) is 0 Å². The standard InChI is InChI=1S/C14H13ClFN5/c1-8(10-3-5-11(15)6-4-10)21-14(18-9(2)20-21)13-12(16)7-17-19-13/h3-8H,1-2H3,(H,17,19).